The summed E-state index contributed by atoms with van der Waals surface area (Å²) in [6.45, 7) is 4.07. The van der Waals surface area contributed by atoms with Crippen molar-refractivity contribution in [3.8, 4) is 0 Å². The van der Waals surface area contributed by atoms with Gasteiger partial charge in [-0.3, -0.25) is 9.11 Å². The van der Waals surface area contributed by atoms with Crippen LogP contribution in [0.3, 0.4) is 0 Å². The third kappa shape index (κ3) is 70.9. The fraction of sp³-hybridized carbons (Fsp3) is 1.00. The number of hydrogen-bond donors (Lipinski definition) is 3. The maximum absolute atomic E-state index is 8.67. The lowest BCUT2D eigenvalue weighted by molar-refractivity contribution is 0.454. The van der Waals surface area contributed by atoms with Crippen molar-refractivity contribution in [2.24, 2.45) is 5.73 Å². The van der Waals surface area contributed by atoms with Gasteiger partial charge in [-0.25, -0.2) is 0 Å². The maximum Gasteiger partial charge on any atom is 0.299 e. The Labute approximate surface area is 57.6 Å². The average Bonchev–Trinajstić information content (AvgIpc) is 1.65. The first-order valence-corrected chi connectivity index (χ1v) is 3.62. The summed E-state index contributed by atoms with van der Waals surface area (Å²) in [6, 6.07) is 0.384. The van der Waals surface area contributed by atoms with E-state index in [9.17, 15) is 0 Å². The molecule has 0 radical (unpaired) electrons. The van der Waals surface area contributed by atoms with Crippen LogP contribution in [0.5, 0.6) is 0 Å². The number of nitrogens with two attached hydrogens (primary N) is 1. The highest BCUT2D eigenvalue weighted by Gasteiger charge is 1.79. The first kappa shape index (κ1) is 11.8. The highest BCUT2D eigenvalue weighted by Crippen LogP contribution is 1.77. The minimum Gasteiger partial charge on any atom is -0.328 e. The van der Waals surface area contributed by atoms with E-state index in [0.29, 0.717) is 6.04 Å². The summed E-state index contributed by atoms with van der Waals surface area (Å²) in [7, 11) is 0. The largest absolute Gasteiger partial charge is 0.328 e. The van der Waals surface area contributed by atoms with E-state index < -0.39 is 11.4 Å². The van der Waals surface area contributed by atoms with Crippen molar-refractivity contribution >= 4 is 11.4 Å². The Morgan fingerprint density at radius 1 is 1.67 bits per heavy atom. The van der Waals surface area contributed by atoms with Crippen molar-refractivity contribution in [1.29, 1.82) is 0 Å². The van der Waals surface area contributed by atoms with Gasteiger partial charge in [0.25, 0.3) is 11.4 Å². The third-order valence-electron chi connectivity index (χ3n) is 0.644. The zero-order valence-electron chi connectivity index (χ0n) is 5.57. The fourth-order valence-corrected chi connectivity index (χ4v) is 0. The molecule has 9 heavy (non-hydrogen) atoms. The zero-order valence-corrected chi connectivity index (χ0v) is 6.39. The summed E-state index contributed by atoms with van der Waals surface area (Å²) >= 11 is -2.61. The summed E-state index contributed by atoms with van der Waals surface area (Å²) in [4.78, 5) is 0. The molecule has 0 saturated heterocycles. The molecule has 4 nitrogen and oxygen atoms in total. The van der Waals surface area contributed by atoms with E-state index in [0.717, 1.165) is 6.42 Å². The smallest absolute Gasteiger partial charge is 0.299 e. The first-order valence-electron chi connectivity index (χ1n) is 2.56. The Balaban J connectivity index is 0. The van der Waals surface area contributed by atoms with Gasteiger partial charge >= 0.3 is 0 Å². The molecule has 4 N–H and O–H groups in total. The quantitative estimate of drug-likeness (QED) is 0.479. The third-order valence-corrected chi connectivity index (χ3v) is 0.644. The Hall–Kier alpha value is 0.0300. The van der Waals surface area contributed by atoms with Gasteiger partial charge in [0.15, 0.2) is 0 Å². The van der Waals surface area contributed by atoms with Crippen LogP contribution in [0.1, 0.15) is 20.3 Å². The molecule has 5 heteroatoms. The van der Waals surface area contributed by atoms with Crippen molar-refractivity contribution in [2.45, 2.75) is 26.3 Å². The van der Waals surface area contributed by atoms with Crippen LogP contribution in [-0.4, -0.2) is 19.4 Å². The first-order chi connectivity index (χ1) is 4.00. The highest BCUT2D eigenvalue weighted by molar-refractivity contribution is 7.73. The highest BCUT2D eigenvalue weighted by atomic mass is 32.2. The second-order valence-corrected chi connectivity index (χ2v) is 2.08. The second kappa shape index (κ2) is 8.03. The molecule has 0 amide bonds. The van der Waals surface area contributed by atoms with E-state index in [-0.39, 0.29) is 0 Å². The van der Waals surface area contributed by atoms with Gasteiger partial charge in [-0.05, 0) is 13.3 Å². The van der Waals surface area contributed by atoms with Gasteiger partial charge in [0.2, 0.25) is 0 Å². The van der Waals surface area contributed by atoms with Crippen LogP contribution >= 0.6 is 0 Å². The molecule has 0 aliphatic carbocycles. The van der Waals surface area contributed by atoms with Crippen molar-refractivity contribution < 1.29 is 13.3 Å². The molecule has 1 atom stereocenters. The molecule has 0 spiro atoms. The number of rotatable bonds is 1. The van der Waals surface area contributed by atoms with Gasteiger partial charge in [-0.1, -0.05) is 6.92 Å². The molecule has 0 aliphatic heterocycles. The molecular weight excluding hydrogens is 142 g/mol. The van der Waals surface area contributed by atoms with Crippen molar-refractivity contribution in [3.05, 3.63) is 0 Å². The van der Waals surface area contributed by atoms with Gasteiger partial charge < -0.3 is 5.73 Å². The summed E-state index contributed by atoms with van der Waals surface area (Å²) in [5.74, 6) is 0. The van der Waals surface area contributed by atoms with Gasteiger partial charge in [0, 0.05) is 6.04 Å². The van der Waals surface area contributed by atoms with Gasteiger partial charge in [0.05, 0.1) is 0 Å². The predicted molar refractivity (Wildman–Crippen MR) is 37.3 cm³/mol. The molecule has 0 heterocycles. The minimum atomic E-state index is -2.61. The molecule has 0 saturated carbocycles. The average molecular weight is 155 g/mol. The number of hydrogen-bond acceptors (Lipinski definition) is 2. The lowest BCUT2D eigenvalue weighted by atomic mass is 10.3. The molecule has 1 unspecified atom stereocenters. The van der Waals surface area contributed by atoms with E-state index >= 15 is 0 Å². The molecule has 0 fully saturated rings. The second-order valence-electron chi connectivity index (χ2n) is 1.62. The van der Waals surface area contributed by atoms with Crippen LogP contribution in [0.15, 0.2) is 0 Å². The molecule has 0 aliphatic rings. The van der Waals surface area contributed by atoms with E-state index in [1.807, 2.05) is 6.92 Å². The van der Waals surface area contributed by atoms with Crippen molar-refractivity contribution in [3.63, 3.8) is 0 Å². The van der Waals surface area contributed by atoms with E-state index in [4.69, 9.17) is 19.0 Å². The van der Waals surface area contributed by atoms with Crippen LogP contribution < -0.4 is 5.73 Å². The lowest BCUT2D eigenvalue weighted by Crippen LogP contribution is -2.11. The summed E-state index contributed by atoms with van der Waals surface area (Å²) in [6.07, 6.45) is 1.08. The van der Waals surface area contributed by atoms with Crippen molar-refractivity contribution in [1.82, 2.24) is 0 Å². The maximum atomic E-state index is 8.67. The molecule has 0 bridgehead atoms. The van der Waals surface area contributed by atoms with Crippen LogP contribution in [0.2, 0.25) is 0 Å². The summed E-state index contributed by atoms with van der Waals surface area (Å²) in [5.41, 5.74) is 5.29. The minimum absolute atomic E-state index is 0.384. The molecular formula is C4H13NO3S. The van der Waals surface area contributed by atoms with E-state index in [2.05, 4.69) is 6.92 Å². The normalized spacial score (nSPS) is 12.2. The Kier molecular flexibility index (Phi) is 10.5. The van der Waals surface area contributed by atoms with Crippen LogP contribution in [-0.2, 0) is 11.4 Å². The zero-order chi connectivity index (χ0) is 7.86. The SMILES string of the molecule is CCC(C)N.O=S(O)O. The fourth-order valence-electron chi connectivity index (χ4n) is 0. The topological polar surface area (TPSA) is 83.6 Å². The molecule has 0 aromatic heterocycles. The van der Waals surface area contributed by atoms with Crippen LogP contribution in [0.4, 0.5) is 0 Å². The van der Waals surface area contributed by atoms with Gasteiger partial charge in [-0.15, -0.1) is 0 Å². The Bertz CT molecular complexity index is 72.2. The monoisotopic (exact) mass is 155 g/mol. The van der Waals surface area contributed by atoms with Crippen molar-refractivity contribution in [2.75, 3.05) is 0 Å². The molecule has 0 aromatic carbocycles. The van der Waals surface area contributed by atoms with E-state index in [1.54, 1.807) is 0 Å². The van der Waals surface area contributed by atoms with Gasteiger partial charge in [0.1, 0.15) is 0 Å². The molecule has 58 valence electrons. The lowest BCUT2D eigenvalue weighted by Gasteiger charge is -1.91. The summed E-state index contributed by atoms with van der Waals surface area (Å²) in [5, 5.41) is 0. The Morgan fingerprint density at radius 2 is 1.78 bits per heavy atom. The van der Waals surface area contributed by atoms with E-state index in [1.165, 1.54) is 0 Å². The molecule has 0 rings (SSSR count). The molecule has 0 aromatic rings. The predicted octanol–water partition coefficient (Wildman–Crippen LogP) is 0.425. The van der Waals surface area contributed by atoms with Gasteiger partial charge in [-0.2, -0.15) is 4.21 Å². The van der Waals surface area contributed by atoms with Crippen LogP contribution in [0.25, 0.3) is 0 Å². The summed E-state index contributed by atoms with van der Waals surface area (Å²) < 4.78 is 22.8. The van der Waals surface area contributed by atoms with Crippen LogP contribution in [0, 0.1) is 0 Å². The Morgan fingerprint density at radius 3 is 1.78 bits per heavy atom. The standard InChI is InChI=1S/C4H11N.H2O3S/c1-3-4(2)5;1-4(2)3/h4H,3,5H2,1-2H3;(H2,1,2,3).